The molecule has 0 radical (unpaired) electrons. The molecular weight excluding hydrogens is 202 g/mol. The lowest BCUT2D eigenvalue weighted by Crippen LogP contribution is -2.09. The molecule has 0 spiro atoms. The van der Waals surface area contributed by atoms with E-state index in [1.807, 2.05) is 0 Å². The first kappa shape index (κ1) is 11.0. The zero-order valence-corrected chi connectivity index (χ0v) is 9.43. The van der Waals surface area contributed by atoms with Crippen molar-refractivity contribution in [3.8, 4) is 0 Å². The predicted octanol–water partition coefficient (Wildman–Crippen LogP) is 0.245. The number of anilines is 1. The molecule has 0 aliphatic heterocycles. The number of rotatable bonds is 3. The molecular formula is C8H15N3O2S. The maximum Gasteiger partial charge on any atom is 0.155 e. The molecule has 0 bridgehead atoms. The molecule has 1 aromatic rings. The van der Waals surface area contributed by atoms with E-state index in [-0.39, 0.29) is 11.5 Å². The zero-order chi connectivity index (χ0) is 10.9. The monoisotopic (exact) mass is 217 g/mol. The maximum absolute atomic E-state index is 11.3. The second kappa shape index (κ2) is 3.61. The van der Waals surface area contributed by atoms with Gasteiger partial charge in [-0.3, -0.25) is 0 Å². The van der Waals surface area contributed by atoms with Crippen molar-refractivity contribution in [1.29, 1.82) is 0 Å². The smallest absolute Gasteiger partial charge is 0.155 e. The number of hydrogen-bond donors (Lipinski definition) is 1. The van der Waals surface area contributed by atoms with Crippen LogP contribution in [0.4, 0.5) is 5.82 Å². The molecule has 1 aromatic heterocycles. The number of nitrogens with two attached hydrogens (primary N) is 1. The van der Waals surface area contributed by atoms with Crippen molar-refractivity contribution in [1.82, 2.24) is 9.55 Å². The summed E-state index contributed by atoms with van der Waals surface area (Å²) in [5, 5.41) is 0. The van der Waals surface area contributed by atoms with Gasteiger partial charge in [0.05, 0.1) is 11.4 Å². The Labute approximate surface area is 83.9 Å². The largest absolute Gasteiger partial charge is 0.384 e. The summed E-state index contributed by atoms with van der Waals surface area (Å²) in [5.74, 6) is 1.20. The minimum atomic E-state index is -3.05. The number of hydrogen-bond acceptors (Lipinski definition) is 4. The number of nitrogen functional groups attached to an aromatic ring is 1. The molecule has 0 unspecified atom stereocenters. The second-order valence-electron chi connectivity index (χ2n) is 3.23. The van der Waals surface area contributed by atoms with Crippen LogP contribution in [0.25, 0.3) is 0 Å². The standard InChI is InChI=1S/C8H15N3O2S/c1-4-14(12,13)5-7-8(9)11(3)6(2)10-7/h4-5,9H2,1-3H3. The summed E-state index contributed by atoms with van der Waals surface area (Å²) in [6.07, 6.45) is 0. The summed E-state index contributed by atoms with van der Waals surface area (Å²) in [5.41, 5.74) is 6.15. The fraction of sp³-hybridized carbons (Fsp3) is 0.625. The lowest BCUT2D eigenvalue weighted by Gasteiger charge is -2.00. The van der Waals surface area contributed by atoms with Crippen molar-refractivity contribution in [3.63, 3.8) is 0 Å². The van der Waals surface area contributed by atoms with Crippen molar-refractivity contribution < 1.29 is 8.42 Å². The molecule has 0 saturated heterocycles. The molecule has 1 rings (SSSR count). The van der Waals surface area contributed by atoms with E-state index >= 15 is 0 Å². The molecule has 14 heavy (non-hydrogen) atoms. The van der Waals surface area contributed by atoms with Crippen molar-refractivity contribution in [3.05, 3.63) is 11.5 Å². The van der Waals surface area contributed by atoms with Gasteiger partial charge in [-0.15, -0.1) is 0 Å². The summed E-state index contributed by atoms with van der Waals surface area (Å²) < 4.78 is 24.4. The van der Waals surface area contributed by atoms with Crippen LogP contribution in [0.3, 0.4) is 0 Å². The lowest BCUT2D eigenvalue weighted by molar-refractivity contribution is 0.596. The number of imidazole rings is 1. The molecule has 0 aromatic carbocycles. The Bertz CT molecular complexity index is 434. The van der Waals surface area contributed by atoms with E-state index in [0.29, 0.717) is 11.5 Å². The summed E-state index contributed by atoms with van der Waals surface area (Å²) in [7, 11) is -1.29. The summed E-state index contributed by atoms with van der Waals surface area (Å²) in [6.45, 7) is 3.40. The van der Waals surface area contributed by atoms with E-state index < -0.39 is 9.84 Å². The van der Waals surface area contributed by atoms with Gasteiger partial charge in [0.1, 0.15) is 11.6 Å². The van der Waals surface area contributed by atoms with Crippen molar-refractivity contribution in [2.45, 2.75) is 19.6 Å². The third-order valence-corrected chi connectivity index (χ3v) is 3.83. The molecule has 1 heterocycles. The molecule has 2 N–H and O–H groups in total. The molecule has 0 atom stereocenters. The highest BCUT2D eigenvalue weighted by Gasteiger charge is 2.16. The highest BCUT2D eigenvalue weighted by atomic mass is 32.2. The van der Waals surface area contributed by atoms with Crippen LogP contribution in [0.15, 0.2) is 0 Å². The third-order valence-electron chi connectivity index (χ3n) is 2.24. The van der Waals surface area contributed by atoms with Gasteiger partial charge in [0.15, 0.2) is 9.84 Å². The van der Waals surface area contributed by atoms with Crippen LogP contribution in [0.5, 0.6) is 0 Å². The van der Waals surface area contributed by atoms with Crippen LogP contribution in [-0.2, 0) is 22.6 Å². The van der Waals surface area contributed by atoms with E-state index in [4.69, 9.17) is 5.73 Å². The van der Waals surface area contributed by atoms with Gasteiger partial charge >= 0.3 is 0 Å². The molecule has 0 fully saturated rings. The normalized spacial score (nSPS) is 11.9. The topological polar surface area (TPSA) is 78.0 Å². The Morgan fingerprint density at radius 3 is 2.43 bits per heavy atom. The molecule has 0 aliphatic carbocycles. The SMILES string of the molecule is CCS(=O)(=O)Cc1nc(C)n(C)c1N. The van der Waals surface area contributed by atoms with Gasteiger partial charge in [-0.2, -0.15) is 0 Å². The van der Waals surface area contributed by atoms with E-state index in [1.165, 1.54) is 0 Å². The first-order valence-electron chi connectivity index (χ1n) is 4.35. The molecule has 80 valence electrons. The maximum atomic E-state index is 11.3. The molecule has 0 aliphatic rings. The van der Waals surface area contributed by atoms with Crippen LogP contribution in [0.1, 0.15) is 18.4 Å². The summed E-state index contributed by atoms with van der Waals surface area (Å²) in [6, 6.07) is 0. The van der Waals surface area contributed by atoms with Gasteiger partial charge in [0, 0.05) is 12.8 Å². The van der Waals surface area contributed by atoms with Gasteiger partial charge in [0.2, 0.25) is 0 Å². The summed E-state index contributed by atoms with van der Waals surface area (Å²) in [4.78, 5) is 4.10. The quantitative estimate of drug-likeness (QED) is 0.787. The number of aryl methyl sites for hydroxylation is 1. The fourth-order valence-corrected chi connectivity index (χ4v) is 1.95. The number of aromatic nitrogens is 2. The van der Waals surface area contributed by atoms with Crippen molar-refractivity contribution >= 4 is 15.7 Å². The first-order valence-corrected chi connectivity index (χ1v) is 6.17. The van der Waals surface area contributed by atoms with Gasteiger partial charge in [-0.1, -0.05) is 6.92 Å². The van der Waals surface area contributed by atoms with Crippen molar-refractivity contribution in [2.75, 3.05) is 11.5 Å². The zero-order valence-electron chi connectivity index (χ0n) is 8.61. The first-order chi connectivity index (χ1) is 6.37. The van der Waals surface area contributed by atoms with Gasteiger partial charge in [-0.25, -0.2) is 13.4 Å². The van der Waals surface area contributed by atoms with Gasteiger partial charge in [-0.05, 0) is 6.92 Å². The van der Waals surface area contributed by atoms with Crippen LogP contribution in [0.2, 0.25) is 0 Å². The highest BCUT2D eigenvalue weighted by molar-refractivity contribution is 7.90. The van der Waals surface area contributed by atoms with Crippen molar-refractivity contribution in [2.24, 2.45) is 7.05 Å². The number of nitrogens with zero attached hydrogens (tertiary/aromatic N) is 2. The van der Waals surface area contributed by atoms with Crippen LogP contribution < -0.4 is 5.73 Å². The van der Waals surface area contributed by atoms with Crippen LogP contribution >= 0.6 is 0 Å². The third kappa shape index (κ3) is 2.06. The minimum Gasteiger partial charge on any atom is -0.384 e. The van der Waals surface area contributed by atoms with E-state index in [9.17, 15) is 8.42 Å². The van der Waals surface area contributed by atoms with E-state index in [1.54, 1.807) is 25.5 Å². The van der Waals surface area contributed by atoms with Crippen LogP contribution in [-0.4, -0.2) is 23.7 Å². The lowest BCUT2D eigenvalue weighted by atomic mass is 10.5. The Morgan fingerprint density at radius 2 is 2.07 bits per heavy atom. The van der Waals surface area contributed by atoms with E-state index in [0.717, 1.165) is 5.82 Å². The average molecular weight is 217 g/mol. The van der Waals surface area contributed by atoms with Gasteiger partial charge < -0.3 is 10.3 Å². The summed E-state index contributed by atoms with van der Waals surface area (Å²) >= 11 is 0. The molecule has 0 saturated carbocycles. The Hall–Kier alpha value is -1.04. The second-order valence-corrected chi connectivity index (χ2v) is 5.58. The van der Waals surface area contributed by atoms with Gasteiger partial charge in [0.25, 0.3) is 0 Å². The van der Waals surface area contributed by atoms with Crippen LogP contribution in [0, 0.1) is 6.92 Å². The highest BCUT2D eigenvalue weighted by Crippen LogP contribution is 2.15. The van der Waals surface area contributed by atoms with E-state index in [2.05, 4.69) is 4.98 Å². The molecule has 6 heteroatoms. The Morgan fingerprint density at radius 1 is 1.50 bits per heavy atom. The Balaban J connectivity index is 3.05. The molecule has 0 amide bonds. The minimum absolute atomic E-state index is 0.0724. The molecule has 5 nitrogen and oxygen atoms in total. The average Bonchev–Trinajstić information content (AvgIpc) is 2.33. The fourth-order valence-electron chi connectivity index (χ4n) is 1.11. The number of sulfone groups is 1. The predicted molar refractivity (Wildman–Crippen MR) is 55.5 cm³/mol. The Kier molecular flexibility index (Phi) is 2.84.